The normalized spacial score (nSPS) is 10.8. The highest BCUT2D eigenvalue weighted by molar-refractivity contribution is 6.30. The van der Waals surface area contributed by atoms with E-state index in [4.69, 9.17) is 20.8 Å². The van der Waals surface area contributed by atoms with Crippen LogP contribution in [0.4, 0.5) is 0 Å². The van der Waals surface area contributed by atoms with Gasteiger partial charge in [-0.3, -0.25) is 4.79 Å². The van der Waals surface area contributed by atoms with Gasteiger partial charge in [-0.15, -0.1) is 0 Å². The van der Waals surface area contributed by atoms with Crippen molar-refractivity contribution in [3.63, 3.8) is 0 Å². The van der Waals surface area contributed by atoms with E-state index < -0.39 is 5.97 Å². The van der Waals surface area contributed by atoms with Crippen molar-refractivity contribution in [2.24, 2.45) is 0 Å². The van der Waals surface area contributed by atoms with Crippen LogP contribution in [0.3, 0.4) is 0 Å². The maximum absolute atomic E-state index is 11.9. The average molecular weight is 348 g/mol. The molecule has 0 aliphatic carbocycles. The molecule has 1 aromatic heterocycles. The number of carbonyl (C=O) groups excluding carboxylic acids is 2. The van der Waals surface area contributed by atoms with Gasteiger partial charge in [0.25, 0.3) is 5.91 Å². The fourth-order valence-corrected chi connectivity index (χ4v) is 2.11. The van der Waals surface area contributed by atoms with Gasteiger partial charge in [0.2, 0.25) is 0 Å². The molecule has 0 saturated carbocycles. The van der Waals surface area contributed by atoms with E-state index in [0.717, 1.165) is 5.56 Å². The van der Waals surface area contributed by atoms with E-state index in [-0.39, 0.29) is 19.1 Å². The van der Waals surface area contributed by atoms with Gasteiger partial charge in [0, 0.05) is 23.7 Å². The van der Waals surface area contributed by atoms with Crippen LogP contribution in [0.25, 0.3) is 11.3 Å². The Morgan fingerprint density at radius 3 is 2.58 bits per heavy atom. The summed E-state index contributed by atoms with van der Waals surface area (Å²) in [5.41, 5.74) is 0.903. The molecule has 6 heteroatoms. The predicted octanol–water partition coefficient (Wildman–Crippen LogP) is 3.68. The third-order valence-electron chi connectivity index (χ3n) is 3.25. The Labute approximate surface area is 145 Å². The number of amides is 1. The average Bonchev–Trinajstić information content (AvgIpc) is 3.02. The third-order valence-corrected chi connectivity index (χ3v) is 3.50. The van der Waals surface area contributed by atoms with E-state index in [2.05, 4.69) is 0 Å². The van der Waals surface area contributed by atoms with E-state index in [9.17, 15) is 9.59 Å². The van der Waals surface area contributed by atoms with Gasteiger partial charge in [0.05, 0.1) is 6.54 Å². The van der Waals surface area contributed by atoms with Crippen molar-refractivity contribution in [1.29, 1.82) is 0 Å². The standard InChI is InChI=1S/C18H18ClNO4/c1-3-4-18(22)23-12-17(21)20(2)11-15-9-10-16(24-15)13-5-7-14(19)8-6-13/h3-10H,11-12H2,1-2H3/b4-3+. The van der Waals surface area contributed by atoms with Gasteiger partial charge < -0.3 is 14.1 Å². The quantitative estimate of drug-likeness (QED) is 0.591. The van der Waals surface area contributed by atoms with E-state index >= 15 is 0 Å². The second-order valence-corrected chi connectivity index (χ2v) is 5.57. The topological polar surface area (TPSA) is 59.8 Å². The number of allylic oxidation sites excluding steroid dienone is 1. The van der Waals surface area contributed by atoms with Crippen molar-refractivity contribution in [2.75, 3.05) is 13.7 Å². The number of halogens is 1. The van der Waals surface area contributed by atoms with Crippen molar-refractivity contribution in [1.82, 2.24) is 4.90 Å². The number of furan rings is 1. The number of esters is 1. The summed E-state index contributed by atoms with van der Waals surface area (Å²) < 4.78 is 10.6. The first-order valence-electron chi connectivity index (χ1n) is 7.37. The molecule has 0 atom stereocenters. The lowest BCUT2D eigenvalue weighted by molar-refractivity contribution is -0.147. The summed E-state index contributed by atoms with van der Waals surface area (Å²) in [7, 11) is 1.62. The zero-order chi connectivity index (χ0) is 17.5. The van der Waals surface area contributed by atoms with Crippen molar-refractivity contribution >= 4 is 23.5 Å². The Morgan fingerprint density at radius 1 is 1.21 bits per heavy atom. The lowest BCUT2D eigenvalue weighted by atomic mass is 10.2. The molecule has 1 heterocycles. The van der Waals surface area contributed by atoms with Crippen LogP contribution < -0.4 is 0 Å². The zero-order valence-corrected chi connectivity index (χ0v) is 14.2. The maximum Gasteiger partial charge on any atom is 0.330 e. The monoisotopic (exact) mass is 347 g/mol. The van der Waals surface area contributed by atoms with Crippen LogP contribution in [0.5, 0.6) is 0 Å². The molecule has 5 nitrogen and oxygen atoms in total. The largest absolute Gasteiger partial charge is 0.459 e. The summed E-state index contributed by atoms with van der Waals surface area (Å²) in [5, 5.41) is 0.656. The number of hydrogen-bond acceptors (Lipinski definition) is 4. The van der Waals surface area contributed by atoms with Gasteiger partial charge in [-0.05, 0) is 43.3 Å². The van der Waals surface area contributed by atoms with Gasteiger partial charge in [-0.2, -0.15) is 0 Å². The smallest absolute Gasteiger partial charge is 0.330 e. The van der Waals surface area contributed by atoms with Crippen LogP contribution in [0, 0.1) is 0 Å². The minimum atomic E-state index is -0.540. The predicted molar refractivity (Wildman–Crippen MR) is 91.4 cm³/mol. The van der Waals surface area contributed by atoms with Crippen molar-refractivity contribution in [2.45, 2.75) is 13.5 Å². The number of likely N-dealkylation sites (N-methyl/N-ethyl adjacent to an activating group) is 1. The Balaban J connectivity index is 1.92. The van der Waals surface area contributed by atoms with Crippen molar-refractivity contribution in [3.05, 3.63) is 59.3 Å². The Kier molecular flexibility index (Phi) is 6.21. The third kappa shape index (κ3) is 4.99. The molecule has 0 bridgehead atoms. The summed E-state index contributed by atoms with van der Waals surface area (Å²) in [5.74, 6) is 0.483. The van der Waals surface area contributed by atoms with E-state index in [0.29, 0.717) is 16.5 Å². The molecule has 0 saturated heterocycles. The van der Waals surface area contributed by atoms with E-state index in [1.807, 2.05) is 18.2 Å². The molecule has 2 aromatic rings. The first-order chi connectivity index (χ1) is 11.5. The number of carbonyl (C=O) groups is 2. The first kappa shape index (κ1) is 17.8. The fraction of sp³-hybridized carbons (Fsp3) is 0.222. The van der Waals surface area contributed by atoms with Crippen LogP contribution in [0.15, 0.2) is 53.0 Å². The number of ether oxygens (including phenoxy) is 1. The van der Waals surface area contributed by atoms with Crippen LogP contribution in [0.2, 0.25) is 5.02 Å². The molecule has 2 rings (SSSR count). The molecule has 0 aliphatic heterocycles. The SMILES string of the molecule is C/C=C/C(=O)OCC(=O)N(C)Cc1ccc(-c2ccc(Cl)cc2)o1. The zero-order valence-electron chi connectivity index (χ0n) is 13.5. The van der Waals surface area contributed by atoms with Crippen molar-refractivity contribution < 1.29 is 18.7 Å². The highest BCUT2D eigenvalue weighted by atomic mass is 35.5. The molecular formula is C18H18ClNO4. The Bertz CT molecular complexity index is 734. The summed E-state index contributed by atoms with van der Waals surface area (Å²) in [6.07, 6.45) is 2.82. The summed E-state index contributed by atoms with van der Waals surface area (Å²) in [6, 6.07) is 10.9. The molecule has 1 aromatic carbocycles. The number of nitrogens with zero attached hydrogens (tertiary/aromatic N) is 1. The molecular weight excluding hydrogens is 330 g/mol. The van der Waals surface area contributed by atoms with Crippen molar-refractivity contribution in [3.8, 4) is 11.3 Å². The van der Waals surface area contributed by atoms with E-state index in [1.165, 1.54) is 11.0 Å². The number of hydrogen-bond donors (Lipinski definition) is 0. The molecule has 1 amide bonds. The van der Waals surface area contributed by atoms with Gasteiger partial charge in [-0.25, -0.2) is 4.79 Å². The van der Waals surface area contributed by atoms with Crippen LogP contribution in [0.1, 0.15) is 12.7 Å². The van der Waals surface area contributed by atoms with Crippen LogP contribution >= 0.6 is 11.6 Å². The highest BCUT2D eigenvalue weighted by Gasteiger charge is 2.13. The fourth-order valence-electron chi connectivity index (χ4n) is 1.98. The first-order valence-corrected chi connectivity index (χ1v) is 7.75. The van der Waals surface area contributed by atoms with Gasteiger partial charge >= 0.3 is 5.97 Å². The minimum absolute atomic E-state index is 0.285. The lowest BCUT2D eigenvalue weighted by Gasteiger charge is -2.15. The molecule has 0 aliphatic rings. The van der Waals surface area contributed by atoms with Gasteiger partial charge in [0.15, 0.2) is 6.61 Å². The summed E-state index contributed by atoms with van der Waals surface area (Å²) in [4.78, 5) is 24.6. The van der Waals surface area contributed by atoms with Gasteiger partial charge in [-0.1, -0.05) is 17.7 Å². The summed E-state index contributed by atoms with van der Waals surface area (Å²) in [6.45, 7) is 1.68. The lowest BCUT2D eigenvalue weighted by Crippen LogP contribution is -2.30. The molecule has 0 radical (unpaired) electrons. The van der Waals surface area contributed by atoms with E-state index in [1.54, 1.807) is 38.2 Å². The molecule has 0 unspecified atom stereocenters. The highest BCUT2D eigenvalue weighted by Crippen LogP contribution is 2.24. The van der Waals surface area contributed by atoms with Gasteiger partial charge in [0.1, 0.15) is 11.5 Å². The second kappa shape index (κ2) is 8.36. The molecule has 24 heavy (non-hydrogen) atoms. The number of rotatable bonds is 6. The Morgan fingerprint density at radius 2 is 1.92 bits per heavy atom. The molecule has 0 fully saturated rings. The number of benzene rings is 1. The second-order valence-electron chi connectivity index (χ2n) is 5.13. The van der Waals surface area contributed by atoms with Crippen LogP contribution in [-0.2, 0) is 20.9 Å². The molecule has 0 spiro atoms. The molecule has 126 valence electrons. The minimum Gasteiger partial charge on any atom is -0.459 e. The van der Waals surface area contributed by atoms with Crippen LogP contribution in [-0.4, -0.2) is 30.4 Å². The Hall–Kier alpha value is -2.53. The maximum atomic E-state index is 11.9. The molecule has 0 N–H and O–H groups in total. The summed E-state index contributed by atoms with van der Waals surface area (Å²) >= 11 is 5.86.